The van der Waals surface area contributed by atoms with Crippen molar-refractivity contribution in [1.82, 2.24) is 15.1 Å². The van der Waals surface area contributed by atoms with Gasteiger partial charge in [0.05, 0.1) is 5.70 Å². The molecule has 5 heteroatoms. The molecular formula is C23H26FN3O. The van der Waals surface area contributed by atoms with E-state index in [1.807, 2.05) is 12.3 Å². The highest BCUT2D eigenvalue weighted by atomic mass is 19.1. The molecule has 4 rings (SSSR count). The molecule has 0 aromatic heterocycles. The summed E-state index contributed by atoms with van der Waals surface area (Å²) in [6.07, 6.45) is 10.7. The molecule has 1 fully saturated rings. The number of carbonyl (C=O) groups excluding carboxylic acids is 1. The Labute approximate surface area is 165 Å². The van der Waals surface area contributed by atoms with E-state index in [-0.39, 0.29) is 17.6 Å². The van der Waals surface area contributed by atoms with Gasteiger partial charge >= 0.3 is 0 Å². The lowest BCUT2D eigenvalue weighted by atomic mass is 9.89. The SMILES string of the molecule is CC1CN(C2=CN3C(=O)C=C(c4ccc(F)cc4)C(C)CC=C3C=C2)CCN1. The molecule has 3 aliphatic heterocycles. The lowest BCUT2D eigenvalue weighted by molar-refractivity contribution is -0.122. The first-order valence-corrected chi connectivity index (χ1v) is 9.90. The molecular weight excluding hydrogens is 353 g/mol. The first-order chi connectivity index (χ1) is 13.5. The fraction of sp³-hybridized carbons (Fsp3) is 0.348. The maximum atomic E-state index is 13.3. The molecule has 0 aliphatic carbocycles. The van der Waals surface area contributed by atoms with Crippen molar-refractivity contribution in [2.75, 3.05) is 19.6 Å². The van der Waals surface area contributed by atoms with E-state index in [2.05, 4.69) is 36.2 Å². The van der Waals surface area contributed by atoms with E-state index in [9.17, 15) is 9.18 Å². The monoisotopic (exact) mass is 379 g/mol. The molecule has 0 bridgehead atoms. The molecule has 0 saturated carbocycles. The molecule has 1 aromatic carbocycles. The van der Waals surface area contributed by atoms with Crippen molar-refractivity contribution in [2.45, 2.75) is 26.3 Å². The van der Waals surface area contributed by atoms with Gasteiger partial charge in [-0.2, -0.15) is 0 Å². The Kier molecular flexibility index (Phi) is 5.18. The minimum atomic E-state index is -0.268. The van der Waals surface area contributed by atoms with E-state index in [4.69, 9.17) is 0 Å². The second-order valence-corrected chi connectivity index (χ2v) is 7.77. The van der Waals surface area contributed by atoms with E-state index in [0.29, 0.717) is 6.04 Å². The molecule has 2 unspecified atom stereocenters. The summed E-state index contributed by atoms with van der Waals surface area (Å²) in [4.78, 5) is 17.2. The minimum Gasteiger partial charge on any atom is -0.368 e. The smallest absolute Gasteiger partial charge is 0.255 e. The van der Waals surface area contributed by atoms with Crippen molar-refractivity contribution >= 4 is 11.5 Å². The topological polar surface area (TPSA) is 35.6 Å². The molecule has 3 heterocycles. The lowest BCUT2D eigenvalue weighted by Crippen LogP contribution is -2.48. The third-order valence-electron chi connectivity index (χ3n) is 5.60. The van der Waals surface area contributed by atoms with Gasteiger partial charge in [-0.25, -0.2) is 4.39 Å². The summed E-state index contributed by atoms with van der Waals surface area (Å²) >= 11 is 0. The maximum Gasteiger partial charge on any atom is 0.255 e. The van der Waals surface area contributed by atoms with Crippen LogP contribution in [0.4, 0.5) is 4.39 Å². The first-order valence-electron chi connectivity index (χ1n) is 9.90. The molecule has 1 saturated heterocycles. The van der Waals surface area contributed by atoms with E-state index in [1.54, 1.807) is 23.1 Å². The van der Waals surface area contributed by atoms with Gasteiger partial charge in [0, 0.05) is 43.6 Å². The largest absolute Gasteiger partial charge is 0.368 e. The molecule has 1 aromatic rings. The molecule has 1 N–H and O–H groups in total. The molecule has 4 nitrogen and oxygen atoms in total. The van der Waals surface area contributed by atoms with Crippen molar-refractivity contribution in [1.29, 1.82) is 0 Å². The molecule has 146 valence electrons. The predicted molar refractivity (Wildman–Crippen MR) is 109 cm³/mol. The Morgan fingerprint density at radius 1 is 1.11 bits per heavy atom. The van der Waals surface area contributed by atoms with Gasteiger partial charge in [0.2, 0.25) is 0 Å². The minimum absolute atomic E-state index is 0.0674. The summed E-state index contributed by atoms with van der Waals surface area (Å²) in [5, 5.41) is 3.45. The molecule has 2 atom stereocenters. The Bertz CT molecular complexity index is 882. The highest BCUT2D eigenvalue weighted by molar-refractivity contribution is 5.98. The van der Waals surface area contributed by atoms with Gasteiger partial charge in [0.25, 0.3) is 5.91 Å². The lowest BCUT2D eigenvalue weighted by Gasteiger charge is -2.36. The van der Waals surface area contributed by atoms with Gasteiger partial charge in [-0.05, 0) is 54.7 Å². The summed E-state index contributed by atoms with van der Waals surface area (Å²) in [5.74, 6) is -0.158. The normalized spacial score (nSPS) is 25.4. The Hall–Kier alpha value is -2.66. The fourth-order valence-electron chi connectivity index (χ4n) is 3.99. The number of nitrogens with zero attached hydrogens (tertiary/aromatic N) is 2. The fourth-order valence-corrected chi connectivity index (χ4v) is 3.99. The van der Waals surface area contributed by atoms with Crippen LogP contribution in [0.3, 0.4) is 0 Å². The predicted octanol–water partition coefficient (Wildman–Crippen LogP) is 3.67. The zero-order valence-electron chi connectivity index (χ0n) is 16.4. The van der Waals surface area contributed by atoms with Crippen LogP contribution in [0.2, 0.25) is 0 Å². The number of halogens is 1. The summed E-state index contributed by atoms with van der Waals surface area (Å²) in [5.41, 5.74) is 3.81. The van der Waals surface area contributed by atoms with Crippen LogP contribution in [0.25, 0.3) is 5.57 Å². The quantitative estimate of drug-likeness (QED) is 0.852. The summed E-state index contributed by atoms with van der Waals surface area (Å²) < 4.78 is 13.3. The summed E-state index contributed by atoms with van der Waals surface area (Å²) in [6, 6.07) is 6.81. The van der Waals surface area contributed by atoms with Gasteiger partial charge in [0.15, 0.2) is 0 Å². The molecule has 0 spiro atoms. The Morgan fingerprint density at radius 3 is 2.61 bits per heavy atom. The van der Waals surface area contributed by atoms with Crippen molar-refractivity contribution in [3.8, 4) is 0 Å². The Morgan fingerprint density at radius 2 is 1.86 bits per heavy atom. The zero-order valence-corrected chi connectivity index (χ0v) is 16.4. The zero-order chi connectivity index (χ0) is 19.7. The average Bonchev–Trinajstić information content (AvgIpc) is 2.70. The number of piperazine rings is 1. The van der Waals surface area contributed by atoms with Crippen LogP contribution in [-0.4, -0.2) is 41.4 Å². The number of carbonyl (C=O) groups is 1. The van der Waals surface area contributed by atoms with Crippen molar-refractivity contribution < 1.29 is 9.18 Å². The van der Waals surface area contributed by atoms with E-state index < -0.39 is 0 Å². The number of benzene rings is 1. The standard InChI is InChI=1S/C23H26FN3O/c1-16-3-8-20-9-10-21(26-12-11-25-17(2)14-26)15-27(20)23(28)13-22(16)18-4-6-19(24)7-5-18/h4-10,13,15-17,25H,3,11-12,14H2,1-2H3. The van der Waals surface area contributed by atoms with Gasteiger partial charge < -0.3 is 10.2 Å². The third kappa shape index (κ3) is 3.80. The second kappa shape index (κ2) is 7.76. The van der Waals surface area contributed by atoms with Crippen LogP contribution in [0.5, 0.6) is 0 Å². The third-order valence-corrected chi connectivity index (χ3v) is 5.60. The summed E-state index contributed by atoms with van der Waals surface area (Å²) in [7, 11) is 0. The van der Waals surface area contributed by atoms with E-state index >= 15 is 0 Å². The van der Waals surface area contributed by atoms with Crippen LogP contribution in [0.1, 0.15) is 25.8 Å². The number of amides is 1. The van der Waals surface area contributed by atoms with Crippen LogP contribution in [0.15, 0.2) is 66.2 Å². The maximum absolute atomic E-state index is 13.3. The van der Waals surface area contributed by atoms with Gasteiger partial charge in [0.1, 0.15) is 5.82 Å². The van der Waals surface area contributed by atoms with E-state index in [1.165, 1.54) is 12.1 Å². The van der Waals surface area contributed by atoms with E-state index in [0.717, 1.165) is 48.6 Å². The van der Waals surface area contributed by atoms with Gasteiger partial charge in [-0.1, -0.05) is 25.1 Å². The van der Waals surface area contributed by atoms with Gasteiger partial charge in [-0.15, -0.1) is 0 Å². The molecule has 1 amide bonds. The van der Waals surface area contributed by atoms with Gasteiger partial charge in [-0.3, -0.25) is 9.69 Å². The van der Waals surface area contributed by atoms with Crippen LogP contribution >= 0.6 is 0 Å². The second-order valence-electron chi connectivity index (χ2n) is 7.77. The average molecular weight is 379 g/mol. The first kappa shape index (κ1) is 18.7. The number of fused-ring (bicyclic) bond motifs is 1. The highest BCUT2D eigenvalue weighted by Gasteiger charge is 2.25. The number of nitrogens with one attached hydrogen (secondary N) is 1. The van der Waals surface area contributed by atoms with Crippen molar-refractivity contribution in [3.05, 3.63) is 77.5 Å². The molecule has 28 heavy (non-hydrogen) atoms. The van der Waals surface area contributed by atoms with Crippen molar-refractivity contribution in [3.63, 3.8) is 0 Å². The number of hydrogen-bond acceptors (Lipinski definition) is 3. The summed E-state index contributed by atoms with van der Waals surface area (Å²) in [6.45, 7) is 7.06. The molecule has 3 aliphatic rings. The van der Waals surface area contributed by atoms with Crippen LogP contribution < -0.4 is 5.32 Å². The van der Waals surface area contributed by atoms with Crippen LogP contribution in [0, 0.1) is 11.7 Å². The number of rotatable bonds is 2. The highest BCUT2D eigenvalue weighted by Crippen LogP contribution is 2.31. The number of allylic oxidation sites excluding steroid dienone is 4. The Balaban J connectivity index is 1.64. The van der Waals surface area contributed by atoms with Crippen LogP contribution in [-0.2, 0) is 4.79 Å². The van der Waals surface area contributed by atoms with Crippen molar-refractivity contribution in [2.24, 2.45) is 5.92 Å². The number of hydrogen-bond donors (Lipinski definition) is 1. The molecule has 0 radical (unpaired) electrons.